The van der Waals surface area contributed by atoms with Crippen LogP contribution < -0.4 is 20.1 Å². The van der Waals surface area contributed by atoms with E-state index in [2.05, 4.69) is 31.6 Å². The fourth-order valence-corrected chi connectivity index (χ4v) is 6.38. The van der Waals surface area contributed by atoms with Gasteiger partial charge in [0.2, 0.25) is 5.88 Å². The Morgan fingerprint density at radius 2 is 1.87 bits per heavy atom. The highest BCUT2D eigenvalue weighted by Crippen LogP contribution is 2.38. The van der Waals surface area contributed by atoms with Crippen LogP contribution in [-0.4, -0.2) is 113 Å². The van der Waals surface area contributed by atoms with Gasteiger partial charge in [0.15, 0.2) is 6.10 Å². The van der Waals surface area contributed by atoms with E-state index in [1.165, 1.54) is 13.3 Å². The second-order valence-electron chi connectivity index (χ2n) is 12.3. The molecular formula is C33H41F2N7O5. The first-order valence-electron chi connectivity index (χ1n) is 15.9. The van der Waals surface area contributed by atoms with Crippen LogP contribution in [0, 0.1) is 0 Å². The van der Waals surface area contributed by atoms with Crippen molar-refractivity contribution in [2.24, 2.45) is 0 Å². The molecular weight excluding hydrogens is 612 g/mol. The number of likely N-dealkylation sites (tertiary alicyclic amines) is 2. The van der Waals surface area contributed by atoms with Gasteiger partial charge in [0.25, 0.3) is 5.91 Å². The Hall–Kier alpha value is -4.14. The number of benzene rings is 1. The van der Waals surface area contributed by atoms with E-state index in [1.807, 2.05) is 6.07 Å². The van der Waals surface area contributed by atoms with Crippen molar-refractivity contribution in [1.29, 1.82) is 0 Å². The lowest BCUT2D eigenvalue weighted by atomic mass is 9.89. The summed E-state index contributed by atoms with van der Waals surface area (Å²) >= 11 is 0. The van der Waals surface area contributed by atoms with Gasteiger partial charge in [-0.05, 0) is 69.1 Å². The molecule has 1 amide bonds. The second-order valence-corrected chi connectivity index (χ2v) is 12.3. The molecule has 6 rings (SSSR count). The van der Waals surface area contributed by atoms with Gasteiger partial charge in [-0.3, -0.25) is 9.69 Å². The third kappa shape index (κ3) is 7.24. The van der Waals surface area contributed by atoms with Crippen LogP contribution in [0.1, 0.15) is 37.7 Å². The first kappa shape index (κ1) is 32.8. The molecule has 0 bridgehead atoms. The predicted molar refractivity (Wildman–Crippen MR) is 171 cm³/mol. The minimum Gasteiger partial charge on any atom is -0.482 e. The molecule has 3 fully saturated rings. The van der Waals surface area contributed by atoms with Crippen LogP contribution in [0.2, 0.25) is 0 Å². The van der Waals surface area contributed by atoms with Crippen molar-refractivity contribution in [3.05, 3.63) is 48.3 Å². The molecule has 1 aromatic carbocycles. The highest BCUT2D eigenvalue weighted by atomic mass is 19.3. The monoisotopic (exact) mass is 653 g/mol. The second kappa shape index (κ2) is 13.9. The summed E-state index contributed by atoms with van der Waals surface area (Å²) in [6, 6.07) is 11.5. The molecule has 1 unspecified atom stereocenters. The molecule has 3 saturated heterocycles. The quantitative estimate of drug-likeness (QED) is 0.294. The Kier molecular flexibility index (Phi) is 9.71. The van der Waals surface area contributed by atoms with Gasteiger partial charge in [0.05, 0.1) is 44.3 Å². The van der Waals surface area contributed by atoms with Gasteiger partial charge in [0.1, 0.15) is 29.8 Å². The van der Waals surface area contributed by atoms with E-state index in [4.69, 9.17) is 19.2 Å². The average molecular weight is 654 g/mol. The van der Waals surface area contributed by atoms with Crippen LogP contribution in [0.15, 0.2) is 42.7 Å². The van der Waals surface area contributed by atoms with Crippen LogP contribution in [-0.2, 0) is 9.53 Å². The average Bonchev–Trinajstić information content (AvgIpc) is 3.05. The number of amides is 1. The minimum atomic E-state index is -3.29. The van der Waals surface area contributed by atoms with Crippen molar-refractivity contribution in [1.82, 2.24) is 24.8 Å². The maximum Gasteiger partial charge on any atom is 0.301 e. The van der Waals surface area contributed by atoms with Gasteiger partial charge in [-0.15, -0.1) is 0 Å². The van der Waals surface area contributed by atoms with Crippen molar-refractivity contribution in [3.63, 3.8) is 0 Å². The largest absolute Gasteiger partial charge is 0.482 e. The first-order valence-corrected chi connectivity index (χ1v) is 15.9. The molecule has 3 aliphatic rings. The number of anilines is 3. The van der Waals surface area contributed by atoms with Gasteiger partial charge in [-0.2, -0.15) is 4.98 Å². The summed E-state index contributed by atoms with van der Waals surface area (Å²) in [5.41, 5.74) is 2.93. The Morgan fingerprint density at radius 3 is 2.53 bits per heavy atom. The molecule has 2 aromatic heterocycles. The number of aromatic nitrogens is 3. The van der Waals surface area contributed by atoms with Gasteiger partial charge in [-0.1, -0.05) is 0 Å². The number of hydrogen-bond donors (Lipinski definition) is 3. The van der Waals surface area contributed by atoms with Gasteiger partial charge in [-0.25, -0.2) is 18.7 Å². The number of nitrogens with one attached hydrogen (secondary N) is 2. The summed E-state index contributed by atoms with van der Waals surface area (Å²) in [5, 5.41) is 15.8. The highest BCUT2D eigenvalue weighted by molar-refractivity contribution is 5.80. The van der Waals surface area contributed by atoms with Crippen LogP contribution in [0.25, 0.3) is 11.3 Å². The number of rotatable bonds is 10. The van der Waals surface area contributed by atoms with Crippen LogP contribution >= 0.6 is 0 Å². The molecule has 252 valence electrons. The number of hydrogen-bond acceptors (Lipinski definition) is 11. The number of alkyl halides is 2. The van der Waals surface area contributed by atoms with Crippen molar-refractivity contribution < 1.29 is 32.9 Å². The zero-order valence-electron chi connectivity index (χ0n) is 26.8. The molecule has 0 saturated carbocycles. The summed E-state index contributed by atoms with van der Waals surface area (Å²) in [6.07, 6.45) is 0.682. The van der Waals surface area contributed by atoms with Gasteiger partial charge < -0.3 is 34.9 Å². The van der Waals surface area contributed by atoms with E-state index >= 15 is 0 Å². The van der Waals surface area contributed by atoms with Crippen molar-refractivity contribution in [2.75, 3.05) is 64.2 Å². The lowest BCUT2D eigenvalue weighted by molar-refractivity contribution is -0.165. The number of piperidine rings is 2. The molecule has 0 spiro atoms. The van der Waals surface area contributed by atoms with E-state index in [0.717, 1.165) is 55.2 Å². The number of aliphatic hydroxyl groups is 1. The molecule has 0 aliphatic carbocycles. The van der Waals surface area contributed by atoms with E-state index in [1.54, 1.807) is 38.4 Å². The summed E-state index contributed by atoms with van der Waals surface area (Å²) in [6.45, 7) is 4.24. The lowest BCUT2D eigenvalue weighted by Gasteiger charge is -2.41. The van der Waals surface area contributed by atoms with Crippen molar-refractivity contribution in [3.8, 4) is 22.9 Å². The Balaban J connectivity index is 1.12. The summed E-state index contributed by atoms with van der Waals surface area (Å²) < 4.78 is 46.8. The zero-order chi connectivity index (χ0) is 33.1. The predicted octanol–water partition coefficient (Wildman–Crippen LogP) is 3.91. The summed E-state index contributed by atoms with van der Waals surface area (Å²) in [5.74, 6) is -1.68. The Bertz CT molecular complexity index is 1570. The number of pyridine rings is 1. The Labute approximate surface area is 272 Å². The third-order valence-electron chi connectivity index (χ3n) is 9.13. The molecule has 3 aliphatic heterocycles. The standard InChI is InChI=1S/C33H41F2N7O5/c1-20(43)32(44)42-13-10-28(33(34,35)18-42)47-27-6-4-22(14-26(27)36-2)25-15-30(38-19-37-25)39-29-7-5-24(31(40-29)45-3)21-8-11-41(12-9-21)23-16-46-17-23/h4-7,14-15,19-21,23,28,36,43H,8-13,16-18H2,1-3H3,(H,37,38,39,40)/t20-,28?/m1/s1. The SMILES string of the molecule is CNc1cc(-c2cc(Nc3ccc(C4CCN(C5COC5)CC4)c(OC)n3)ncn2)ccc1OC1CCN(C(=O)[C@@H](C)O)CC1(F)F. The molecule has 3 aromatic rings. The summed E-state index contributed by atoms with van der Waals surface area (Å²) in [4.78, 5) is 29.0. The maximum absolute atomic E-state index is 15.0. The smallest absolute Gasteiger partial charge is 0.301 e. The summed E-state index contributed by atoms with van der Waals surface area (Å²) in [7, 11) is 3.31. The lowest BCUT2D eigenvalue weighted by Crippen LogP contribution is -2.56. The van der Waals surface area contributed by atoms with Gasteiger partial charge in [0, 0.05) is 37.2 Å². The van der Waals surface area contributed by atoms with Crippen molar-refractivity contribution >= 4 is 23.2 Å². The molecule has 3 N–H and O–H groups in total. The molecule has 2 atom stereocenters. The first-order chi connectivity index (χ1) is 22.6. The maximum atomic E-state index is 15.0. The van der Waals surface area contributed by atoms with Crippen molar-refractivity contribution in [2.45, 2.75) is 56.3 Å². The molecule has 14 heteroatoms. The molecule has 5 heterocycles. The number of aliphatic hydroxyl groups excluding tert-OH is 1. The normalized spacial score (nSPS) is 21.1. The van der Waals surface area contributed by atoms with E-state index in [0.29, 0.717) is 40.9 Å². The van der Waals surface area contributed by atoms with Crippen LogP contribution in [0.4, 0.5) is 26.1 Å². The van der Waals surface area contributed by atoms with Crippen LogP contribution in [0.5, 0.6) is 11.6 Å². The number of ether oxygens (including phenoxy) is 3. The third-order valence-corrected chi connectivity index (χ3v) is 9.13. The fourth-order valence-electron chi connectivity index (χ4n) is 6.38. The molecule has 12 nitrogen and oxygen atoms in total. The number of methoxy groups -OCH3 is 1. The number of carbonyl (C=O) groups excluding carboxylic acids is 1. The Morgan fingerprint density at radius 1 is 1.09 bits per heavy atom. The van der Waals surface area contributed by atoms with Crippen LogP contribution in [0.3, 0.4) is 0 Å². The van der Waals surface area contributed by atoms with E-state index in [-0.39, 0.29) is 18.7 Å². The molecule has 0 radical (unpaired) electrons. The highest BCUT2D eigenvalue weighted by Gasteiger charge is 2.48. The minimum absolute atomic E-state index is 0.0625. The molecule has 47 heavy (non-hydrogen) atoms. The number of carbonyl (C=O) groups is 1. The number of halogens is 2. The van der Waals surface area contributed by atoms with E-state index < -0.39 is 30.6 Å². The number of nitrogens with zero attached hydrogens (tertiary/aromatic N) is 5. The van der Waals surface area contributed by atoms with E-state index in [9.17, 15) is 18.7 Å². The fraction of sp³-hybridized carbons (Fsp3) is 0.515. The topological polar surface area (TPSA) is 134 Å². The zero-order valence-corrected chi connectivity index (χ0v) is 26.8. The van der Waals surface area contributed by atoms with Gasteiger partial charge >= 0.3 is 5.92 Å².